The van der Waals surface area contributed by atoms with E-state index in [0.717, 1.165) is 4.90 Å². The summed E-state index contributed by atoms with van der Waals surface area (Å²) in [7, 11) is 0. The van der Waals surface area contributed by atoms with Gasteiger partial charge in [0, 0.05) is 18.0 Å². The third kappa shape index (κ3) is 2.46. The first-order chi connectivity index (χ1) is 10.5. The second-order valence-electron chi connectivity index (χ2n) is 5.68. The van der Waals surface area contributed by atoms with Gasteiger partial charge in [0.25, 0.3) is 5.91 Å². The molecule has 1 aromatic carbocycles. The molecule has 22 heavy (non-hydrogen) atoms. The van der Waals surface area contributed by atoms with E-state index in [1.807, 2.05) is 0 Å². The van der Waals surface area contributed by atoms with Crippen LogP contribution in [0.3, 0.4) is 0 Å². The summed E-state index contributed by atoms with van der Waals surface area (Å²) in [4.78, 5) is 25.9. The molecule has 3 amide bonds. The minimum absolute atomic E-state index is 0.0774. The van der Waals surface area contributed by atoms with Crippen molar-refractivity contribution in [2.24, 2.45) is 5.92 Å². The zero-order chi connectivity index (χ0) is 15.7. The highest BCUT2D eigenvalue weighted by molar-refractivity contribution is 6.07. The highest BCUT2D eigenvalue weighted by Crippen LogP contribution is 2.31. The molecule has 0 aliphatic carbocycles. The SMILES string of the molecule is CC1(c2ccccc2F)NC(=O)N(CC2COCOC2)C1=O. The fourth-order valence-electron chi connectivity index (χ4n) is 2.81. The van der Waals surface area contributed by atoms with Crippen molar-refractivity contribution in [2.75, 3.05) is 26.6 Å². The minimum atomic E-state index is -1.39. The van der Waals surface area contributed by atoms with E-state index in [2.05, 4.69) is 5.32 Å². The fourth-order valence-corrected chi connectivity index (χ4v) is 2.81. The van der Waals surface area contributed by atoms with Crippen LogP contribution in [0.4, 0.5) is 9.18 Å². The molecule has 118 valence electrons. The topological polar surface area (TPSA) is 67.9 Å². The number of urea groups is 1. The van der Waals surface area contributed by atoms with E-state index in [1.165, 1.54) is 25.1 Å². The molecule has 3 rings (SSSR count). The molecular weight excluding hydrogens is 291 g/mol. The van der Waals surface area contributed by atoms with Crippen LogP contribution in [-0.4, -0.2) is 43.4 Å². The second-order valence-corrected chi connectivity index (χ2v) is 5.68. The van der Waals surface area contributed by atoms with Crippen molar-refractivity contribution in [1.29, 1.82) is 0 Å². The number of nitrogens with zero attached hydrogens (tertiary/aromatic N) is 1. The van der Waals surface area contributed by atoms with E-state index in [1.54, 1.807) is 6.07 Å². The molecule has 1 aromatic rings. The van der Waals surface area contributed by atoms with Crippen LogP contribution in [0.5, 0.6) is 0 Å². The molecule has 2 fully saturated rings. The lowest BCUT2D eigenvalue weighted by Crippen LogP contribution is -2.43. The maximum absolute atomic E-state index is 14.0. The van der Waals surface area contributed by atoms with Crippen molar-refractivity contribution in [3.63, 3.8) is 0 Å². The maximum Gasteiger partial charge on any atom is 0.325 e. The molecule has 1 N–H and O–H groups in total. The zero-order valence-electron chi connectivity index (χ0n) is 12.2. The summed E-state index contributed by atoms with van der Waals surface area (Å²) < 4.78 is 24.3. The summed E-state index contributed by atoms with van der Waals surface area (Å²) in [5.41, 5.74) is -1.23. The lowest BCUT2D eigenvalue weighted by Gasteiger charge is -2.26. The number of benzene rings is 1. The number of rotatable bonds is 3. The average Bonchev–Trinajstić information content (AvgIpc) is 2.73. The molecular formula is C15H17FN2O4. The first kappa shape index (κ1) is 14.9. The Labute approximate surface area is 127 Å². The van der Waals surface area contributed by atoms with Gasteiger partial charge >= 0.3 is 6.03 Å². The van der Waals surface area contributed by atoms with Crippen LogP contribution in [0.1, 0.15) is 12.5 Å². The molecule has 0 bridgehead atoms. The maximum atomic E-state index is 14.0. The number of halogens is 1. The van der Waals surface area contributed by atoms with Crippen molar-refractivity contribution in [3.05, 3.63) is 35.6 Å². The van der Waals surface area contributed by atoms with E-state index in [4.69, 9.17) is 9.47 Å². The van der Waals surface area contributed by atoms with Gasteiger partial charge in [-0.2, -0.15) is 0 Å². The summed E-state index contributed by atoms with van der Waals surface area (Å²) >= 11 is 0. The standard InChI is InChI=1S/C15H17FN2O4/c1-15(11-4-2-3-5-12(11)16)13(19)18(14(20)17-15)6-10-7-21-9-22-8-10/h2-5,10H,6-9H2,1H3,(H,17,20). The Morgan fingerprint density at radius 3 is 2.68 bits per heavy atom. The zero-order valence-corrected chi connectivity index (χ0v) is 12.2. The largest absolute Gasteiger partial charge is 0.355 e. The molecule has 2 saturated heterocycles. The van der Waals surface area contributed by atoms with Gasteiger partial charge in [-0.25, -0.2) is 9.18 Å². The Bertz CT molecular complexity index is 603. The number of ether oxygens (including phenoxy) is 2. The number of hydrogen-bond donors (Lipinski definition) is 1. The van der Waals surface area contributed by atoms with Crippen molar-refractivity contribution in [3.8, 4) is 0 Å². The van der Waals surface area contributed by atoms with Crippen molar-refractivity contribution in [1.82, 2.24) is 10.2 Å². The van der Waals surface area contributed by atoms with Crippen LogP contribution in [0.2, 0.25) is 0 Å². The summed E-state index contributed by atoms with van der Waals surface area (Å²) in [5, 5.41) is 2.59. The van der Waals surface area contributed by atoms with Gasteiger partial charge in [-0.1, -0.05) is 18.2 Å². The van der Waals surface area contributed by atoms with Gasteiger partial charge in [-0.15, -0.1) is 0 Å². The fraction of sp³-hybridized carbons (Fsp3) is 0.467. The third-order valence-corrected chi connectivity index (χ3v) is 4.00. The van der Waals surface area contributed by atoms with Gasteiger partial charge in [0.15, 0.2) is 0 Å². The number of amides is 3. The Kier molecular flexibility index (Phi) is 3.84. The number of carbonyl (C=O) groups excluding carboxylic acids is 2. The molecule has 7 heteroatoms. The molecule has 2 aliphatic rings. The molecule has 1 unspecified atom stereocenters. The summed E-state index contributed by atoms with van der Waals surface area (Å²) in [5.74, 6) is -1.07. The van der Waals surface area contributed by atoms with Crippen LogP contribution >= 0.6 is 0 Å². The predicted molar refractivity (Wildman–Crippen MR) is 74.3 cm³/mol. The number of nitrogens with one attached hydrogen (secondary N) is 1. The highest BCUT2D eigenvalue weighted by Gasteiger charge is 2.50. The second kappa shape index (κ2) is 5.66. The van der Waals surface area contributed by atoms with Gasteiger partial charge in [0.2, 0.25) is 0 Å². The van der Waals surface area contributed by atoms with Crippen molar-refractivity contribution >= 4 is 11.9 Å². The number of hydrogen-bond acceptors (Lipinski definition) is 4. The first-order valence-electron chi connectivity index (χ1n) is 7.07. The van der Waals surface area contributed by atoms with Crippen LogP contribution in [0, 0.1) is 11.7 Å². The Hall–Kier alpha value is -1.99. The van der Waals surface area contributed by atoms with E-state index in [-0.39, 0.29) is 24.8 Å². The van der Waals surface area contributed by atoms with Crippen molar-refractivity contribution in [2.45, 2.75) is 12.5 Å². The quantitative estimate of drug-likeness (QED) is 0.852. The molecule has 0 radical (unpaired) electrons. The van der Waals surface area contributed by atoms with Gasteiger partial charge in [0.1, 0.15) is 18.1 Å². The van der Waals surface area contributed by atoms with Crippen LogP contribution in [0.25, 0.3) is 0 Å². The Morgan fingerprint density at radius 2 is 2.00 bits per heavy atom. The van der Waals surface area contributed by atoms with E-state index < -0.39 is 23.3 Å². The highest BCUT2D eigenvalue weighted by atomic mass is 19.1. The molecule has 6 nitrogen and oxygen atoms in total. The molecule has 0 aromatic heterocycles. The van der Waals surface area contributed by atoms with E-state index in [0.29, 0.717) is 13.2 Å². The van der Waals surface area contributed by atoms with Gasteiger partial charge in [0.05, 0.1) is 13.2 Å². The minimum Gasteiger partial charge on any atom is -0.355 e. The number of carbonyl (C=O) groups is 2. The molecule has 1 atom stereocenters. The Balaban J connectivity index is 1.83. The summed E-state index contributed by atoms with van der Waals surface area (Å²) in [6.45, 7) is 2.78. The van der Waals surface area contributed by atoms with E-state index >= 15 is 0 Å². The van der Waals surface area contributed by atoms with Crippen molar-refractivity contribution < 1.29 is 23.5 Å². The average molecular weight is 308 g/mol. The molecule has 2 heterocycles. The molecule has 0 spiro atoms. The normalized spacial score (nSPS) is 26.4. The summed E-state index contributed by atoms with van der Waals surface area (Å²) in [6, 6.07) is 5.42. The molecule has 2 aliphatic heterocycles. The monoisotopic (exact) mass is 308 g/mol. The van der Waals surface area contributed by atoms with Gasteiger partial charge in [-0.3, -0.25) is 9.69 Å². The van der Waals surface area contributed by atoms with Gasteiger partial charge < -0.3 is 14.8 Å². The lowest BCUT2D eigenvalue weighted by atomic mass is 9.91. The first-order valence-corrected chi connectivity index (χ1v) is 7.07. The lowest BCUT2D eigenvalue weighted by molar-refractivity contribution is -0.139. The van der Waals surface area contributed by atoms with Crippen LogP contribution < -0.4 is 5.32 Å². The predicted octanol–water partition coefficient (Wildman–Crippen LogP) is 1.21. The Morgan fingerprint density at radius 1 is 1.32 bits per heavy atom. The third-order valence-electron chi connectivity index (χ3n) is 4.00. The van der Waals surface area contributed by atoms with Crippen LogP contribution in [0.15, 0.2) is 24.3 Å². The number of imide groups is 1. The van der Waals surface area contributed by atoms with Gasteiger partial charge in [-0.05, 0) is 13.0 Å². The smallest absolute Gasteiger partial charge is 0.325 e. The van der Waals surface area contributed by atoms with Crippen LogP contribution in [-0.2, 0) is 19.8 Å². The molecule has 0 saturated carbocycles. The van der Waals surface area contributed by atoms with E-state index in [9.17, 15) is 14.0 Å². The summed E-state index contributed by atoms with van der Waals surface area (Å²) in [6.07, 6.45) is 0.